The molecule has 2 aliphatic carbocycles. The highest BCUT2D eigenvalue weighted by molar-refractivity contribution is 6.34. The maximum absolute atomic E-state index is 13.4. The molecule has 244 valence electrons. The fourth-order valence-electron chi connectivity index (χ4n) is 6.76. The number of nitrogens with zero attached hydrogens (tertiary/aromatic N) is 6. The third-order valence-corrected chi connectivity index (χ3v) is 10.3. The van der Waals surface area contributed by atoms with Gasteiger partial charge in [0.25, 0.3) is 0 Å². The highest BCUT2D eigenvalue weighted by Crippen LogP contribution is 2.51. The number of anilines is 2. The predicted molar refractivity (Wildman–Crippen MR) is 180 cm³/mol. The van der Waals surface area contributed by atoms with Gasteiger partial charge in [-0.3, -0.25) is 4.79 Å². The molecule has 1 N–H and O–H groups in total. The zero-order valence-corrected chi connectivity index (χ0v) is 27.5. The van der Waals surface area contributed by atoms with Crippen molar-refractivity contribution in [2.24, 2.45) is 5.92 Å². The summed E-state index contributed by atoms with van der Waals surface area (Å²) in [5, 5.41) is 10.9. The van der Waals surface area contributed by atoms with Gasteiger partial charge >= 0.3 is 5.97 Å². The number of aromatic nitrogens is 3. The monoisotopic (exact) mass is 676 g/mol. The Balaban J connectivity index is 1.12. The second-order valence-electron chi connectivity index (χ2n) is 13.2. The molecule has 2 saturated heterocycles. The summed E-state index contributed by atoms with van der Waals surface area (Å²) in [6.45, 7) is 2.11. The standard InChI is InChI=1S/C34H34Cl2N6O5/c1-39(2)21-14-40(15-21)30-7-3-19(13-37-30)41-16-24(34(44)45)32(43)23-11-26(36)29(12-28(23)41)42-20(9-18-10-27(18)42)17-46-33-25(35)6-8-31(38-33)47-22-4-5-22/h3,6-8,11-13,16,18,20-22,27H,4-5,9-10,14-15,17H2,1-2H3,(H,44,45)/t18-,20+,27+/m0/s1. The zero-order chi connectivity index (χ0) is 32.6. The van der Waals surface area contributed by atoms with E-state index in [0.717, 1.165) is 50.3 Å². The lowest BCUT2D eigenvalue weighted by molar-refractivity contribution is 0.0695. The van der Waals surface area contributed by atoms with Gasteiger partial charge in [-0.2, -0.15) is 4.98 Å². The molecule has 0 amide bonds. The van der Waals surface area contributed by atoms with E-state index in [9.17, 15) is 14.7 Å². The largest absolute Gasteiger partial charge is 0.477 e. The van der Waals surface area contributed by atoms with Crippen LogP contribution in [0.1, 0.15) is 36.0 Å². The van der Waals surface area contributed by atoms with E-state index < -0.39 is 11.4 Å². The number of carboxylic acid groups (broad SMARTS) is 1. The van der Waals surface area contributed by atoms with E-state index in [-0.39, 0.29) is 29.1 Å². The SMILES string of the molecule is CN(C)C1CN(c2ccc(-n3cc(C(=O)O)c(=O)c4cc(Cl)c(N5[C@@H](COc6nc(OC7CC7)ccc6Cl)C[C@H]6C[C@H]65)cc43)cn2)C1. The van der Waals surface area contributed by atoms with Crippen LogP contribution < -0.4 is 24.7 Å². The van der Waals surface area contributed by atoms with Crippen LogP contribution in [0.5, 0.6) is 11.8 Å². The van der Waals surface area contributed by atoms with E-state index in [4.69, 9.17) is 37.7 Å². The molecule has 3 atom stereocenters. The van der Waals surface area contributed by atoms with Crippen LogP contribution in [0.25, 0.3) is 16.6 Å². The number of hydrogen-bond acceptors (Lipinski definition) is 9. The maximum Gasteiger partial charge on any atom is 0.341 e. The molecule has 8 rings (SSSR count). The third-order valence-electron chi connectivity index (χ3n) is 9.73. The van der Waals surface area contributed by atoms with Crippen molar-refractivity contribution in [1.82, 2.24) is 19.4 Å². The third kappa shape index (κ3) is 5.64. The van der Waals surface area contributed by atoms with Crippen molar-refractivity contribution >= 4 is 51.6 Å². The first-order chi connectivity index (χ1) is 22.6. The van der Waals surface area contributed by atoms with Crippen LogP contribution in [-0.4, -0.2) is 88.5 Å². The van der Waals surface area contributed by atoms with Gasteiger partial charge in [0.15, 0.2) is 0 Å². The number of aromatic carboxylic acids is 1. The molecule has 1 aromatic carbocycles. The number of rotatable bonds is 10. The summed E-state index contributed by atoms with van der Waals surface area (Å²) in [5.41, 5.74) is 1.02. The molecule has 4 fully saturated rings. The number of carbonyl (C=O) groups is 1. The van der Waals surface area contributed by atoms with Crippen LogP contribution in [0.2, 0.25) is 10.0 Å². The summed E-state index contributed by atoms with van der Waals surface area (Å²) in [4.78, 5) is 41.4. The molecular weight excluding hydrogens is 643 g/mol. The summed E-state index contributed by atoms with van der Waals surface area (Å²) < 4.78 is 13.7. The average molecular weight is 678 g/mol. The maximum atomic E-state index is 13.4. The van der Waals surface area contributed by atoms with Gasteiger partial charge in [-0.1, -0.05) is 23.2 Å². The summed E-state index contributed by atoms with van der Waals surface area (Å²) in [6.07, 6.45) is 7.29. The molecule has 4 aliphatic rings. The molecule has 5 heterocycles. The molecule has 0 bridgehead atoms. The van der Waals surface area contributed by atoms with Crippen LogP contribution in [0.15, 0.2) is 53.6 Å². The van der Waals surface area contributed by atoms with Gasteiger partial charge in [-0.15, -0.1) is 0 Å². The lowest BCUT2D eigenvalue weighted by Crippen LogP contribution is -2.57. The average Bonchev–Trinajstić information content (AvgIpc) is 3.95. The van der Waals surface area contributed by atoms with Crippen molar-refractivity contribution in [3.8, 4) is 17.4 Å². The molecule has 11 nitrogen and oxygen atoms in total. The van der Waals surface area contributed by atoms with E-state index in [0.29, 0.717) is 51.6 Å². The number of ether oxygens (including phenoxy) is 2. The lowest BCUT2D eigenvalue weighted by Gasteiger charge is -2.43. The van der Waals surface area contributed by atoms with Crippen molar-refractivity contribution in [2.75, 3.05) is 43.6 Å². The number of hydrogen-bond donors (Lipinski definition) is 1. The number of pyridine rings is 3. The fraction of sp³-hybridized carbons (Fsp3) is 0.412. The van der Waals surface area contributed by atoms with Crippen LogP contribution in [0, 0.1) is 5.92 Å². The Morgan fingerprint density at radius 3 is 2.60 bits per heavy atom. The normalized spacial score (nSPS) is 22.0. The molecule has 47 heavy (non-hydrogen) atoms. The number of piperidine rings is 1. The Hall–Kier alpha value is -4.06. The van der Waals surface area contributed by atoms with E-state index in [2.05, 4.69) is 33.8 Å². The van der Waals surface area contributed by atoms with Gasteiger partial charge in [0.05, 0.1) is 34.2 Å². The second kappa shape index (κ2) is 11.6. The van der Waals surface area contributed by atoms with Gasteiger partial charge in [-0.05, 0) is 76.0 Å². The van der Waals surface area contributed by atoms with Gasteiger partial charge in [-0.25, -0.2) is 9.78 Å². The van der Waals surface area contributed by atoms with Crippen LogP contribution in [0.4, 0.5) is 11.5 Å². The Kier molecular flexibility index (Phi) is 7.46. The molecule has 13 heteroatoms. The number of halogens is 2. The number of carboxylic acids is 1. The van der Waals surface area contributed by atoms with Gasteiger partial charge < -0.3 is 33.8 Å². The second-order valence-corrected chi connectivity index (χ2v) is 14.0. The number of fused-ring (bicyclic) bond motifs is 2. The smallest absolute Gasteiger partial charge is 0.341 e. The minimum absolute atomic E-state index is 0.0125. The predicted octanol–water partition coefficient (Wildman–Crippen LogP) is 5.12. The Labute approximate surface area is 281 Å². The summed E-state index contributed by atoms with van der Waals surface area (Å²) in [5.74, 6) is 0.876. The van der Waals surface area contributed by atoms with Crippen molar-refractivity contribution in [3.05, 3.63) is 74.6 Å². The van der Waals surface area contributed by atoms with Crippen molar-refractivity contribution in [2.45, 2.75) is 49.9 Å². The van der Waals surface area contributed by atoms with Crippen LogP contribution in [-0.2, 0) is 0 Å². The molecular formula is C34H34Cl2N6O5. The van der Waals surface area contributed by atoms with Crippen molar-refractivity contribution in [3.63, 3.8) is 0 Å². The van der Waals surface area contributed by atoms with Gasteiger partial charge in [0.1, 0.15) is 29.1 Å². The molecule has 0 unspecified atom stereocenters. The van der Waals surface area contributed by atoms with Gasteiger partial charge in [0.2, 0.25) is 17.2 Å². The minimum Gasteiger partial charge on any atom is -0.477 e. The number of likely N-dealkylation sites (N-methyl/N-ethyl adjacent to an activating group) is 1. The molecule has 3 aromatic heterocycles. The van der Waals surface area contributed by atoms with E-state index >= 15 is 0 Å². The van der Waals surface area contributed by atoms with Crippen molar-refractivity contribution in [1.29, 1.82) is 0 Å². The topological polar surface area (TPSA) is 113 Å². The lowest BCUT2D eigenvalue weighted by atomic mass is 10.1. The molecule has 4 aromatic rings. The molecule has 2 saturated carbocycles. The summed E-state index contributed by atoms with van der Waals surface area (Å²) in [7, 11) is 4.14. The highest BCUT2D eigenvalue weighted by Gasteiger charge is 2.52. The quantitative estimate of drug-likeness (QED) is 0.243. The first kappa shape index (κ1) is 30.3. The van der Waals surface area contributed by atoms with E-state index in [1.54, 1.807) is 29.0 Å². The first-order valence-electron chi connectivity index (χ1n) is 15.9. The molecule has 0 spiro atoms. The van der Waals surface area contributed by atoms with E-state index in [1.807, 2.05) is 18.2 Å². The Morgan fingerprint density at radius 2 is 1.89 bits per heavy atom. The molecule has 0 radical (unpaired) electrons. The minimum atomic E-state index is -1.30. The first-order valence-corrected chi connectivity index (χ1v) is 16.6. The van der Waals surface area contributed by atoms with Crippen LogP contribution in [0.3, 0.4) is 0 Å². The van der Waals surface area contributed by atoms with Gasteiger partial charge in [0, 0.05) is 42.8 Å². The van der Waals surface area contributed by atoms with E-state index in [1.165, 1.54) is 6.20 Å². The Morgan fingerprint density at radius 1 is 1.09 bits per heavy atom. The number of benzene rings is 1. The van der Waals surface area contributed by atoms with Crippen LogP contribution >= 0.6 is 23.2 Å². The summed E-state index contributed by atoms with van der Waals surface area (Å²) >= 11 is 13.4. The highest BCUT2D eigenvalue weighted by atomic mass is 35.5. The summed E-state index contributed by atoms with van der Waals surface area (Å²) in [6, 6.07) is 11.5. The van der Waals surface area contributed by atoms with Crippen molar-refractivity contribution < 1.29 is 19.4 Å². The fourth-order valence-corrected chi connectivity index (χ4v) is 7.18. The Bertz CT molecular complexity index is 1940. The zero-order valence-electron chi connectivity index (χ0n) is 26.0. The molecule has 2 aliphatic heterocycles.